The van der Waals surface area contributed by atoms with Crippen LogP contribution in [0.1, 0.15) is 5.56 Å². The van der Waals surface area contributed by atoms with E-state index < -0.39 is 0 Å². The normalized spacial score (nSPS) is 15.1. The number of nitrogens with zero attached hydrogens (tertiary/aromatic N) is 1. The Balaban J connectivity index is 2.12. The Labute approximate surface area is 91.9 Å². The van der Waals surface area contributed by atoms with Crippen LogP contribution in [0, 0.1) is 6.92 Å². The van der Waals surface area contributed by atoms with Crippen LogP contribution < -0.4 is 0 Å². The Bertz CT molecular complexity index is 418. The second kappa shape index (κ2) is 3.90. The SMILES string of the molecule is Cc1ccc(SN2C(=O)C=CC2=O)cc1. The number of carbonyl (C=O) groups excluding carboxylic acids is 2. The van der Waals surface area contributed by atoms with Crippen molar-refractivity contribution in [3.63, 3.8) is 0 Å². The average Bonchev–Trinajstić information content (AvgIpc) is 2.53. The highest BCUT2D eigenvalue weighted by Gasteiger charge is 2.24. The summed E-state index contributed by atoms with van der Waals surface area (Å²) >= 11 is 1.15. The highest BCUT2D eigenvalue weighted by atomic mass is 32.2. The monoisotopic (exact) mass is 219 g/mol. The molecule has 1 aliphatic heterocycles. The van der Waals surface area contributed by atoms with Gasteiger partial charge in [-0.1, -0.05) is 17.7 Å². The van der Waals surface area contributed by atoms with E-state index in [0.717, 1.165) is 26.7 Å². The van der Waals surface area contributed by atoms with Gasteiger partial charge < -0.3 is 0 Å². The second-order valence-electron chi connectivity index (χ2n) is 3.21. The molecule has 1 aromatic carbocycles. The summed E-state index contributed by atoms with van der Waals surface area (Å²) in [4.78, 5) is 23.4. The van der Waals surface area contributed by atoms with Gasteiger partial charge in [0.05, 0.1) is 0 Å². The smallest absolute Gasteiger partial charge is 0.264 e. The third kappa shape index (κ3) is 2.10. The molecule has 0 aliphatic carbocycles. The van der Waals surface area contributed by atoms with Crippen molar-refractivity contribution in [3.8, 4) is 0 Å². The molecule has 4 heteroatoms. The van der Waals surface area contributed by atoms with Crippen molar-refractivity contribution in [1.29, 1.82) is 0 Å². The van der Waals surface area contributed by atoms with Crippen LogP contribution in [0.25, 0.3) is 0 Å². The number of benzene rings is 1. The third-order valence-corrected chi connectivity index (χ3v) is 3.01. The van der Waals surface area contributed by atoms with E-state index in [0.29, 0.717) is 0 Å². The van der Waals surface area contributed by atoms with E-state index in [4.69, 9.17) is 0 Å². The van der Waals surface area contributed by atoms with Crippen molar-refractivity contribution in [2.75, 3.05) is 0 Å². The summed E-state index contributed by atoms with van der Waals surface area (Å²) in [5.41, 5.74) is 1.15. The number of rotatable bonds is 2. The summed E-state index contributed by atoms with van der Waals surface area (Å²) in [5.74, 6) is -0.545. The molecule has 0 aromatic heterocycles. The molecule has 15 heavy (non-hydrogen) atoms. The molecule has 0 spiro atoms. The number of hydrogen-bond donors (Lipinski definition) is 0. The molecule has 2 rings (SSSR count). The van der Waals surface area contributed by atoms with Crippen molar-refractivity contribution in [2.24, 2.45) is 0 Å². The van der Waals surface area contributed by atoms with E-state index in [9.17, 15) is 9.59 Å². The van der Waals surface area contributed by atoms with E-state index in [1.807, 2.05) is 31.2 Å². The lowest BCUT2D eigenvalue weighted by Crippen LogP contribution is -2.21. The quantitative estimate of drug-likeness (QED) is 0.563. The lowest BCUT2D eigenvalue weighted by molar-refractivity contribution is -0.130. The maximum atomic E-state index is 11.3. The first-order valence-electron chi connectivity index (χ1n) is 4.47. The Morgan fingerprint density at radius 2 is 1.53 bits per heavy atom. The lowest BCUT2D eigenvalue weighted by Gasteiger charge is -2.11. The summed E-state index contributed by atoms with van der Waals surface area (Å²) in [6.07, 6.45) is 2.56. The molecule has 1 aromatic rings. The first kappa shape index (κ1) is 9.98. The van der Waals surface area contributed by atoms with Crippen LogP contribution in [0.5, 0.6) is 0 Å². The van der Waals surface area contributed by atoms with Gasteiger partial charge in [-0.3, -0.25) is 9.59 Å². The van der Waals surface area contributed by atoms with Crippen LogP contribution >= 0.6 is 11.9 Å². The number of aryl methyl sites for hydroxylation is 1. The topological polar surface area (TPSA) is 37.4 Å². The Hall–Kier alpha value is -1.55. The lowest BCUT2D eigenvalue weighted by atomic mass is 10.2. The molecule has 1 heterocycles. The fourth-order valence-electron chi connectivity index (χ4n) is 1.18. The molecule has 0 fully saturated rings. The van der Waals surface area contributed by atoms with Gasteiger partial charge in [0.1, 0.15) is 0 Å². The predicted molar refractivity (Wildman–Crippen MR) is 58.0 cm³/mol. The molecule has 0 bridgehead atoms. The molecule has 76 valence electrons. The molecule has 0 atom stereocenters. The van der Waals surface area contributed by atoms with Gasteiger partial charge in [-0.15, -0.1) is 0 Å². The minimum absolute atomic E-state index is 0.273. The highest BCUT2D eigenvalue weighted by molar-refractivity contribution is 7.98. The van der Waals surface area contributed by atoms with Crippen LogP contribution in [0.3, 0.4) is 0 Å². The van der Waals surface area contributed by atoms with E-state index in [1.165, 1.54) is 12.2 Å². The summed E-state index contributed by atoms with van der Waals surface area (Å²) in [7, 11) is 0. The van der Waals surface area contributed by atoms with E-state index in [2.05, 4.69) is 0 Å². The third-order valence-electron chi connectivity index (χ3n) is 1.99. The first-order chi connectivity index (χ1) is 7.16. The average molecular weight is 219 g/mol. The zero-order chi connectivity index (χ0) is 10.8. The van der Waals surface area contributed by atoms with Crippen molar-refractivity contribution >= 4 is 23.8 Å². The van der Waals surface area contributed by atoms with Gasteiger partial charge in [-0.05, 0) is 31.0 Å². The van der Waals surface area contributed by atoms with Gasteiger partial charge in [0.2, 0.25) is 0 Å². The zero-order valence-corrected chi connectivity index (χ0v) is 8.95. The minimum Gasteiger partial charge on any atom is -0.268 e. The van der Waals surface area contributed by atoms with Gasteiger partial charge in [0.15, 0.2) is 0 Å². The number of amides is 2. The van der Waals surface area contributed by atoms with Crippen molar-refractivity contribution in [2.45, 2.75) is 11.8 Å². The van der Waals surface area contributed by atoms with E-state index in [1.54, 1.807) is 0 Å². The predicted octanol–water partition coefficient (Wildman–Crippen LogP) is 1.93. The minimum atomic E-state index is -0.273. The maximum absolute atomic E-state index is 11.3. The molecule has 0 saturated heterocycles. The van der Waals surface area contributed by atoms with Gasteiger partial charge >= 0.3 is 0 Å². The van der Waals surface area contributed by atoms with E-state index in [-0.39, 0.29) is 11.8 Å². The number of hydrogen-bond acceptors (Lipinski definition) is 3. The van der Waals surface area contributed by atoms with Crippen LogP contribution in [-0.4, -0.2) is 16.1 Å². The summed E-state index contributed by atoms with van der Waals surface area (Å²) < 4.78 is 1.14. The molecule has 0 saturated carbocycles. The van der Waals surface area contributed by atoms with Crippen LogP contribution in [0.4, 0.5) is 0 Å². The molecule has 3 nitrogen and oxygen atoms in total. The number of carbonyl (C=O) groups is 2. The standard InChI is InChI=1S/C11H9NO2S/c1-8-2-4-9(5-3-8)15-12-10(13)6-7-11(12)14/h2-7H,1H3. The molecule has 2 amide bonds. The molecular formula is C11H9NO2S. The van der Waals surface area contributed by atoms with Crippen molar-refractivity contribution in [3.05, 3.63) is 42.0 Å². The molecule has 0 N–H and O–H groups in total. The van der Waals surface area contributed by atoms with Crippen molar-refractivity contribution < 1.29 is 9.59 Å². The number of imide groups is 1. The summed E-state index contributed by atoms with van der Waals surface area (Å²) in [6.45, 7) is 1.99. The molecular weight excluding hydrogens is 210 g/mol. The Morgan fingerprint density at radius 1 is 1.00 bits per heavy atom. The fraction of sp³-hybridized carbons (Fsp3) is 0.0909. The molecule has 0 radical (unpaired) electrons. The zero-order valence-electron chi connectivity index (χ0n) is 8.14. The fourth-order valence-corrected chi connectivity index (χ4v) is 1.95. The highest BCUT2D eigenvalue weighted by Crippen LogP contribution is 2.25. The van der Waals surface area contributed by atoms with Gasteiger partial charge in [0, 0.05) is 17.0 Å². The largest absolute Gasteiger partial charge is 0.268 e. The molecule has 1 aliphatic rings. The Kier molecular flexibility index (Phi) is 2.60. The van der Waals surface area contributed by atoms with E-state index >= 15 is 0 Å². The summed E-state index contributed by atoms with van der Waals surface area (Å²) in [5, 5.41) is 0. The van der Waals surface area contributed by atoms with Crippen molar-refractivity contribution in [1.82, 2.24) is 4.31 Å². The van der Waals surface area contributed by atoms with Crippen LogP contribution in [0.2, 0.25) is 0 Å². The molecule has 0 unspecified atom stereocenters. The van der Waals surface area contributed by atoms with Gasteiger partial charge in [-0.2, -0.15) is 0 Å². The second-order valence-corrected chi connectivity index (χ2v) is 4.23. The maximum Gasteiger partial charge on any atom is 0.264 e. The van der Waals surface area contributed by atoms with Gasteiger partial charge in [0.25, 0.3) is 11.8 Å². The van der Waals surface area contributed by atoms with Crippen LogP contribution in [0.15, 0.2) is 41.3 Å². The first-order valence-corrected chi connectivity index (χ1v) is 5.25. The summed E-state index contributed by atoms with van der Waals surface area (Å²) in [6, 6.07) is 7.67. The Morgan fingerprint density at radius 3 is 2.07 bits per heavy atom. The van der Waals surface area contributed by atoms with Crippen LogP contribution in [-0.2, 0) is 9.59 Å². The van der Waals surface area contributed by atoms with Gasteiger partial charge in [-0.25, -0.2) is 4.31 Å².